The Morgan fingerprint density at radius 2 is 1.89 bits per heavy atom. The summed E-state index contributed by atoms with van der Waals surface area (Å²) in [7, 11) is 0. The second kappa shape index (κ2) is 4.88. The highest BCUT2D eigenvalue weighted by molar-refractivity contribution is 5.30. The lowest BCUT2D eigenvalue weighted by Crippen LogP contribution is -2.46. The van der Waals surface area contributed by atoms with E-state index in [4.69, 9.17) is 0 Å². The zero-order chi connectivity index (χ0) is 12.5. The maximum absolute atomic E-state index is 9.95. The van der Waals surface area contributed by atoms with Crippen LogP contribution in [0.1, 0.15) is 49.4 Å². The number of pyridine rings is 1. The molecule has 2 aliphatic rings. The second-order valence-corrected chi connectivity index (χ2v) is 5.75. The largest absolute Gasteiger partial charge is 0.506 e. The first-order chi connectivity index (χ1) is 8.74. The van der Waals surface area contributed by atoms with Gasteiger partial charge in [0.2, 0.25) is 0 Å². The fraction of sp³-hybridized carbons (Fsp3) is 0.667. The maximum atomic E-state index is 9.95. The number of nitrogens with zero attached hydrogens (tertiary/aromatic N) is 2. The molecule has 3 heteroatoms. The van der Waals surface area contributed by atoms with Gasteiger partial charge >= 0.3 is 0 Å². The van der Waals surface area contributed by atoms with Crippen molar-refractivity contribution in [1.82, 2.24) is 9.88 Å². The quantitative estimate of drug-likeness (QED) is 0.871. The van der Waals surface area contributed by atoms with Gasteiger partial charge in [-0.1, -0.05) is 0 Å². The third kappa shape index (κ3) is 2.24. The highest BCUT2D eigenvalue weighted by Gasteiger charge is 2.30. The molecule has 1 aliphatic carbocycles. The lowest BCUT2D eigenvalue weighted by molar-refractivity contribution is 0.0863. The van der Waals surface area contributed by atoms with Crippen molar-refractivity contribution in [1.29, 1.82) is 0 Å². The van der Waals surface area contributed by atoms with Gasteiger partial charge in [-0.3, -0.25) is 4.98 Å². The summed E-state index contributed by atoms with van der Waals surface area (Å²) in [6, 6.07) is 4.46. The number of aromatic hydroxyl groups is 1. The molecule has 0 radical (unpaired) electrons. The standard InChI is InChI=1S/C15H22N2O/c1-11-3-8-14(18)15(16-11)12-4-6-13(7-5-12)17-9-2-10-17/h3,8,12-13,18H,2,4-7,9-10H2,1H3. The van der Waals surface area contributed by atoms with Gasteiger partial charge in [-0.25, -0.2) is 0 Å². The first-order valence-electron chi connectivity index (χ1n) is 7.14. The van der Waals surface area contributed by atoms with Crippen LogP contribution in [0.2, 0.25) is 0 Å². The van der Waals surface area contributed by atoms with Gasteiger partial charge in [0.15, 0.2) is 0 Å². The van der Waals surface area contributed by atoms with Crippen LogP contribution in [0.25, 0.3) is 0 Å². The molecule has 98 valence electrons. The Kier molecular flexibility index (Phi) is 3.25. The van der Waals surface area contributed by atoms with Gasteiger partial charge in [-0.05, 0) is 64.3 Å². The van der Waals surface area contributed by atoms with Crippen LogP contribution in [-0.2, 0) is 0 Å². The molecule has 1 saturated heterocycles. The molecule has 1 N–H and O–H groups in total. The summed E-state index contributed by atoms with van der Waals surface area (Å²) in [5, 5.41) is 9.95. The van der Waals surface area contributed by atoms with E-state index in [1.165, 1.54) is 45.2 Å². The third-order valence-corrected chi connectivity index (χ3v) is 4.53. The van der Waals surface area contributed by atoms with E-state index in [1.807, 2.05) is 13.0 Å². The van der Waals surface area contributed by atoms with Gasteiger partial charge in [-0.15, -0.1) is 0 Å². The minimum absolute atomic E-state index is 0.382. The van der Waals surface area contributed by atoms with Crippen LogP contribution in [0, 0.1) is 6.92 Å². The number of likely N-dealkylation sites (tertiary alicyclic amines) is 1. The summed E-state index contributed by atoms with van der Waals surface area (Å²) >= 11 is 0. The number of hydrogen-bond donors (Lipinski definition) is 1. The topological polar surface area (TPSA) is 36.4 Å². The Hall–Kier alpha value is -1.09. The highest BCUT2D eigenvalue weighted by Crippen LogP contribution is 2.38. The van der Waals surface area contributed by atoms with E-state index in [1.54, 1.807) is 6.07 Å². The fourth-order valence-corrected chi connectivity index (χ4v) is 3.29. The highest BCUT2D eigenvalue weighted by atomic mass is 16.3. The van der Waals surface area contributed by atoms with Crippen molar-refractivity contribution in [3.63, 3.8) is 0 Å². The third-order valence-electron chi connectivity index (χ3n) is 4.53. The molecule has 1 aliphatic heterocycles. The van der Waals surface area contributed by atoms with E-state index in [9.17, 15) is 5.11 Å². The van der Waals surface area contributed by atoms with E-state index in [2.05, 4.69) is 9.88 Å². The lowest BCUT2D eigenvalue weighted by Gasteiger charge is -2.42. The van der Waals surface area contributed by atoms with Crippen molar-refractivity contribution < 1.29 is 5.11 Å². The van der Waals surface area contributed by atoms with Crippen LogP contribution >= 0.6 is 0 Å². The minimum Gasteiger partial charge on any atom is -0.506 e. The molecule has 3 nitrogen and oxygen atoms in total. The van der Waals surface area contributed by atoms with Crippen LogP contribution in [0.3, 0.4) is 0 Å². The molecule has 3 rings (SSSR count). The van der Waals surface area contributed by atoms with Gasteiger partial charge in [0.25, 0.3) is 0 Å². The molecule has 2 fully saturated rings. The molecule has 2 heterocycles. The summed E-state index contributed by atoms with van der Waals surface area (Å²) in [5.41, 5.74) is 1.93. The van der Waals surface area contributed by atoms with E-state index < -0.39 is 0 Å². The molecule has 0 amide bonds. The minimum atomic E-state index is 0.382. The Morgan fingerprint density at radius 1 is 1.17 bits per heavy atom. The molecule has 18 heavy (non-hydrogen) atoms. The fourth-order valence-electron chi connectivity index (χ4n) is 3.29. The Bertz CT molecular complexity index is 421. The SMILES string of the molecule is Cc1ccc(O)c(C2CCC(N3CCC3)CC2)n1. The summed E-state index contributed by atoms with van der Waals surface area (Å²) in [4.78, 5) is 7.15. The molecule has 0 atom stereocenters. The Labute approximate surface area is 109 Å². The van der Waals surface area contributed by atoms with Gasteiger partial charge in [0, 0.05) is 17.7 Å². The smallest absolute Gasteiger partial charge is 0.137 e. The number of aromatic nitrogens is 1. The first kappa shape index (κ1) is 12.0. The normalized spacial score (nSPS) is 28.9. The van der Waals surface area contributed by atoms with E-state index >= 15 is 0 Å². The predicted molar refractivity (Wildman–Crippen MR) is 71.8 cm³/mol. The zero-order valence-corrected chi connectivity index (χ0v) is 11.1. The van der Waals surface area contributed by atoms with Crippen molar-refractivity contribution >= 4 is 0 Å². The zero-order valence-electron chi connectivity index (χ0n) is 11.1. The molecule has 0 bridgehead atoms. The summed E-state index contributed by atoms with van der Waals surface area (Å²) < 4.78 is 0. The Balaban J connectivity index is 1.66. The summed E-state index contributed by atoms with van der Waals surface area (Å²) in [6.07, 6.45) is 6.25. The van der Waals surface area contributed by atoms with Crippen LogP contribution < -0.4 is 0 Å². The molecule has 1 saturated carbocycles. The van der Waals surface area contributed by atoms with Crippen molar-refractivity contribution in [2.45, 2.75) is 51.0 Å². The van der Waals surface area contributed by atoms with Crippen molar-refractivity contribution in [2.75, 3.05) is 13.1 Å². The number of hydrogen-bond acceptors (Lipinski definition) is 3. The predicted octanol–water partition coefficient (Wildman–Crippen LogP) is 2.83. The van der Waals surface area contributed by atoms with Crippen molar-refractivity contribution in [2.24, 2.45) is 0 Å². The van der Waals surface area contributed by atoms with Gasteiger partial charge < -0.3 is 10.0 Å². The average Bonchev–Trinajstić information content (AvgIpc) is 2.31. The van der Waals surface area contributed by atoms with Crippen LogP contribution in [0.4, 0.5) is 0 Å². The molecule has 0 unspecified atom stereocenters. The maximum Gasteiger partial charge on any atom is 0.137 e. The van der Waals surface area contributed by atoms with E-state index in [-0.39, 0.29) is 0 Å². The van der Waals surface area contributed by atoms with Crippen LogP contribution in [-0.4, -0.2) is 34.1 Å². The molecule has 1 aromatic heterocycles. The number of rotatable bonds is 2. The molecular weight excluding hydrogens is 224 g/mol. The molecule has 0 spiro atoms. The lowest BCUT2D eigenvalue weighted by atomic mass is 9.82. The van der Waals surface area contributed by atoms with Crippen LogP contribution in [0.15, 0.2) is 12.1 Å². The monoisotopic (exact) mass is 246 g/mol. The summed E-state index contributed by atoms with van der Waals surface area (Å²) in [5.74, 6) is 0.843. The average molecular weight is 246 g/mol. The first-order valence-corrected chi connectivity index (χ1v) is 7.14. The number of aryl methyl sites for hydroxylation is 1. The molecule has 1 aromatic rings. The van der Waals surface area contributed by atoms with Crippen molar-refractivity contribution in [3.8, 4) is 5.75 Å². The van der Waals surface area contributed by atoms with Crippen LogP contribution in [0.5, 0.6) is 5.75 Å². The molecular formula is C15H22N2O. The van der Waals surface area contributed by atoms with Gasteiger partial charge in [0.1, 0.15) is 5.75 Å². The molecule has 0 aromatic carbocycles. The van der Waals surface area contributed by atoms with Gasteiger partial charge in [0.05, 0.1) is 5.69 Å². The summed E-state index contributed by atoms with van der Waals surface area (Å²) in [6.45, 7) is 4.58. The van der Waals surface area contributed by atoms with E-state index in [0.717, 1.165) is 17.4 Å². The van der Waals surface area contributed by atoms with Gasteiger partial charge in [-0.2, -0.15) is 0 Å². The van der Waals surface area contributed by atoms with E-state index in [0.29, 0.717) is 11.7 Å². The second-order valence-electron chi connectivity index (χ2n) is 5.75. The Morgan fingerprint density at radius 3 is 2.50 bits per heavy atom. The van der Waals surface area contributed by atoms with Crippen molar-refractivity contribution in [3.05, 3.63) is 23.5 Å².